The van der Waals surface area contributed by atoms with Crippen molar-refractivity contribution in [1.29, 1.82) is 0 Å². The van der Waals surface area contributed by atoms with E-state index >= 15 is 0 Å². The molecule has 0 saturated carbocycles. The van der Waals surface area contributed by atoms with Gasteiger partial charge in [-0.2, -0.15) is 0 Å². The van der Waals surface area contributed by atoms with Crippen molar-refractivity contribution in [2.75, 3.05) is 7.11 Å². The maximum Gasteiger partial charge on any atom is 0.331 e. The molecule has 0 N–H and O–H groups in total. The summed E-state index contributed by atoms with van der Waals surface area (Å²) in [6.45, 7) is 2.07. The fraction of sp³-hybridized carbons (Fsp3) is 0.188. The Labute approximate surface area is 117 Å². The summed E-state index contributed by atoms with van der Waals surface area (Å²) in [5.74, 6) is 1.79. The third-order valence-electron chi connectivity index (χ3n) is 2.68. The van der Waals surface area contributed by atoms with Crippen molar-refractivity contribution < 1.29 is 18.7 Å². The number of carbonyl (C=O) groups is 1. The van der Waals surface area contributed by atoms with Crippen LogP contribution in [0.4, 0.5) is 0 Å². The van der Waals surface area contributed by atoms with E-state index in [1.807, 2.05) is 37.3 Å². The van der Waals surface area contributed by atoms with Crippen LogP contribution in [0.3, 0.4) is 0 Å². The van der Waals surface area contributed by atoms with Crippen molar-refractivity contribution in [1.82, 2.24) is 0 Å². The number of hydrogen-bond donors (Lipinski definition) is 0. The molecule has 0 radical (unpaired) electrons. The molecule has 2 aromatic rings. The highest BCUT2D eigenvalue weighted by molar-refractivity contribution is 5.86. The minimum absolute atomic E-state index is 0.227. The summed E-state index contributed by atoms with van der Waals surface area (Å²) < 4.78 is 15.5. The number of ether oxygens (including phenoxy) is 2. The van der Waals surface area contributed by atoms with Gasteiger partial charge in [-0.05, 0) is 42.8 Å². The summed E-state index contributed by atoms with van der Waals surface area (Å²) in [7, 11) is 1.61. The number of benzene rings is 1. The summed E-state index contributed by atoms with van der Waals surface area (Å²) >= 11 is 0. The zero-order chi connectivity index (χ0) is 14.4. The Bertz CT molecular complexity index is 593. The molecule has 0 bridgehead atoms. The van der Waals surface area contributed by atoms with Crippen LogP contribution in [0.5, 0.6) is 5.75 Å². The van der Waals surface area contributed by atoms with E-state index in [0.717, 1.165) is 17.1 Å². The number of furan rings is 1. The molecule has 0 aliphatic carbocycles. The van der Waals surface area contributed by atoms with Crippen molar-refractivity contribution in [3.63, 3.8) is 0 Å². The number of esters is 1. The Balaban J connectivity index is 1.83. The minimum Gasteiger partial charge on any atom is -0.497 e. The van der Waals surface area contributed by atoms with Crippen LogP contribution in [0, 0.1) is 6.92 Å². The van der Waals surface area contributed by atoms with Gasteiger partial charge in [-0.15, -0.1) is 0 Å². The van der Waals surface area contributed by atoms with Crippen LogP contribution in [0.1, 0.15) is 17.1 Å². The molecule has 104 valence electrons. The second-order valence-electron chi connectivity index (χ2n) is 4.24. The molecule has 0 saturated heterocycles. The van der Waals surface area contributed by atoms with Crippen LogP contribution in [-0.4, -0.2) is 13.1 Å². The van der Waals surface area contributed by atoms with Crippen molar-refractivity contribution in [3.8, 4) is 5.75 Å². The van der Waals surface area contributed by atoms with Crippen LogP contribution in [0.15, 0.2) is 46.9 Å². The lowest BCUT2D eigenvalue weighted by Gasteiger charge is -2.03. The largest absolute Gasteiger partial charge is 0.497 e. The summed E-state index contributed by atoms with van der Waals surface area (Å²) in [5.41, 5.74) is 0.904. The zero-order valence-electron chi connectivity index (χ0n) is 11.5. The fourth-order valence-electron chi connectivity index (χ4n) is 1.62. The first kappa shape index (κ1) is 13.9. The minimum atomic E-state index is -0.408. The first-order chi connectivity index (χ1) is 9.67. The van der Waals surface area contributed by atoms with E-state index < -0.39 is 5.97 Å². The summed E-state index contributed by atoms with van der Waals surface area (Å²) in [4.78, 5) is 11.5. The molecular formula is C16H16O4. The zero-order valence-corrected chi connectivity index (χ0v) is 11.5. The maximum absolute atomic E-state index is 11.5. The maximum atomic E-state index is 11.5. The number of carbonyl (C=O) groups excluding carboxylic acids is 1. The molecule has 0 aliphatic heterocycles. The molecule has 2 rings (SSSR count). The standard InChI is InChI=1S/C16H16O4/c1-12-3-6-15(20-12)9-10-16(17)19-11-13-4-7-14(18-2)8-5-13/h3-10H,11H2,1-2H3/b10-9+. The van der Waals surface area contributed by atoms with Gasteiger partial charge < -0.3 is 13.9 Å². The summed E-state index contributed by atoms with van der Waals surface area (Å²) in [6.07, 6.45) is 2.94. The van der Waals surface area contributed by atoms with Gasteiger partial charge in [0.1, 0.15) is 23.9 Å². The molecule has 1 aromatic carbocycles. The molecule has 20 heavy (non-hydrogen) atoms. The molecule has 0 aliphatic rings. The number of methoxy groups -OCH3 is 1. The third kappa shape index (κ3) is 4.02. The highest BCUT2D eigenvalue weighted by atomic mass is 16.5. The SMILES string of the molecule is COc1ccc(COC(=O)/C=C/c2ccc(C)o2)cc1. The topological polar surface area (TPSA) is 48.7 Å². The van der Waals surface area contributed by atoms with Gasteiger partial charge in [0.15, 0.2) is 0 Å². The van der Waals surface area contributed by atoms with Gasteiger partial charge in [-0.25, -0.2) is 4.79 Å². The molecule has 1 aromatic heterocycles. The lowest BCUT2D eigenvalue weighted by molar-refractivity contribution is -0.138. The van der Waals surface area contributed by atoms with E-state index in [2.05, 4.69) is 0 Å². The Kier molecular flexibility index (Phi) is 4.60. The lowest BCUT2D eigenvalue weighted by Crippen LogP contribution is -2.00. The highest BCUT2D eigenvalue weighted by Crippen LogP contribution is 2.12. The molecule has 0 amide bonds. The van der Waals surface area contributed by atoms with Crippen molar-refractivity contribution in [2.24, 2.45) is 0 Å². The molecule has 0 unspecified atom stereocenters. The number of aryl methyl sites for hydroxylation is 1. The average Bonchev–Trinajstić information content (AvgIpc) is 2.89. The second-order valence-corrected chi connectivity index (χ2v) is 4.24. The second kappa shape index (κ2) is 6.61. The van der Waals surface area contributed by atoms with Crippen LogP contribution in [0.2, 0.25) is 0 Å². The first-order valence-electron chi connectivity index (χ1n) is 6.21. The highest BCUT2D eigenvalue weighted by Gasteiger charge is 2.00. The van der Waals surface area contributed by atoms with E-state index in [-0.39, 0.29) is 6.61 Å². The predicted molar refractivity (Wildman–Crippen MR) is 75.3 cm³/mol. The molecule has 1 heterocycles. The van der Waals surface area contributed by atoms with Crippen LogP contribution >= 0.6 is 0 Å². The van der Waals surface area contributed by atoms with E-state index in [0.29, 0.717) is 5.76 Å². The Morgan fingerprint density at radius 1 is 1.20 bits per heavy atom. The molecule has 0 fully saturated rings. The van der Waals surface area contributed by atoms with E-state index in [9.17, 15) is 4.79 Å². The average molecular weight is 272 g/mol. The van der Waals surface area contributed by atoms with Crippen molar-refractivity contribution in [2.45, 2.75) is 13.5 Å². The van der Waals surface area contributed by atoms with Gasteiger partial charge in [0, 0.05) is 6.08 Å². The molecule has 4 nitrogen and oxygen atoms in total. The van der Waals surface area contributed by atoms with Crippen molar-refractivity contribution >= 4 is 12.0 Å². The molecule has 0 atom stereocenters. The molecule has 0 spiro atoms. The number of rotatable bonds is 5. The van der Waals surface area contributed by atoms with E-state index in [4.69, 9.17) is 13.9 Å². The molecule has 4 heteroatoms. The van der Waals surface area contributed by atoms with Gasteiger partial charge in [0.05, 0.1) is 7.11 Å². The Morgan fingerprint density at radius 2 is 1.95 bits per heavy atom. The summed E-state index contributed by atoms with van der Waals surface area (Å²) in [5, 5.41) is 0. The van der Waals surface area contributed by atoms with Crippen molar-refractivity contribution in [3.05, 3.63) is 59.6 Å². The smallest absolute Gasteiger partial charge is 0.331 e. The molecular weight excluding hydrogens is 256 g/mol. The summed E-state index contributed by atoms with van der Waals surface area (Å²) in [6, 6.07) is 11.0. The van der Waals surface area contributed by atoms with Gasteiger partial charge in [0.25, 0.3) is 0 Å². The van der Waals surface area contributed by atoms with Gasteiger partial charge in [0.2, 0.25) is 0 Å². The Hall–Kier alpha value is -2.49. The number of hydrogen-bond acceptors (Lipinski definition) is 4. The van der Waals surface area contributed by atoms with Gasteiger partial charge >= 0.3 is 5.97 Å². The normalized spacial score (nSPS) is 10.7. The quantitative estimate of drug-likeness (QED) is 0.618. The predicted octanol–water partition coefficient (Wildman–Crippen LogP) is 3.35. The van der Waals surface area contributed by atoms with Crippen LogP contribution in [0.25, 0.3) is 6.08 Å². The first-order valence-corrected chi connectivity index (χ1v) is 6.21. The van der Waals surface area contributed by atoms with E-state index in [1.165, 1.54) is 6.08 Å². The van der Waals surface area contributed by atoms with Crippen LogP contribution < -0.4 is 4.74 Å². The van der Waals surface area contributed by atoms with Gasteiger partial charge in [-0.1, -0.05) is 12.1 Å². The fourth-order valence-corrected chi connectivity index (χ4v) is 1.62. The van der Waals surface area contributed by atoms with Crippen LogP contribution in [-0.2, 0) is 16.1 Å². The van der Waals surface area contributed by atoms with Gasteiger partial charge in [-0.3, -0.25) is 0 Å². The third-order valence-corrected chi connectivity index (χ3v) is 2.68. The Morgan fingerprint density at radius 3 is 2.55 bits per heavy atom. The lowest BCUT2D eigenvalue weighted by atomic mass is 10.2. The van der Waals surface area contributed by atoms with E-state index in [1.54, 1.807) is 19.3 Å². The monoisotopic (exact) mass is 272 g/mol.